The van der Waals surface area contributed by atoms with Gasteiger partial charge in [0.25, 0.3) is 0 Å². The lowest BCUT2D eigenvalue weighted by atomic mass is 9.35. The Morgan fingerprint density at radius 2 is 1.89 bits per heavy atom. The average Bonchev–Trinajstić information content (AvgIpc) is 3.24. The summed E-state index contributed by atoms with van der Waals surface area (Å²) in [6.45, 7) is 4.58. The number of piperidine rings is 1. The van der Waals surface area contributed by atoms with Crippen molar-refractivity contribution in [3.8, 4) is 11.5 Å². The lowest BCUT2D eigenvalue weighted by Gasteiger charge is -2.73. The van der Waals surface area contributed by atoms with E-state index >= 15 is 0 Å². The summed E-state index contributed by atoms with van der Waals surface area (Å²) >= 11 is 0. The van der Waals surface area contributed by atoms with E-state index in [9.17, 15) is 0 Å². The number of aryl methyl sites for hydroxylation is 1. The number of likely N-dealkylation sites (N-methyl/N-ethyl adjacent to an activating group) is 1. The molecule has 2 aromatic rings. The van der Waals surface area contributed by atoms with Crippen LogP contribution >= 0.6 is 0 Å². The third kappa shape index (κ3) is 2.60. The van der Waals surface area contributed by atoms with E-state index in [1.165, 1.54) is 28.7 Å². The van der Waals surface area contributed by atoms with E-state index in [1.54, 1.807) is 7.11 Å². The number of fused-ring (bicyclic) bond motifs is 2. The van der Waals surface area contributed by atoms with Crippen LogP contribution in [-0.4, -0.2) is 57.1 Å². The fraction of sp³-hybridized carbons (Fsp3) is 0.600. The number of likely N-dealkylation sites (tertiary alicyclic amines) is 1. The molecule has 5 nitrogen and oxygen atoms in total. The first kappa shape index (κ1) is 22.1. The van der Waals surface area contributed by atoms with Gasteiger partial charge in [-0.25, -0.2) is 0 Å². The highest BCUT2D eigenvalue weighted by atomic mass is 16.6. The molecule has 3 saturated carbocycles. The molecule has 2 heterocycles. The summed E-state index contributed by atoms with van der Waals surface area (Å²) in [5.41, 5.74) is 5.26. The van der Waals surface area contributed by atoms with Gasteiger partial charge in [-0.3, -0.25) is 0 Å². The Hall–Kier alpha value is -2.08. The lowest BCUT2D eigenvalue weighted by Crippen LogP contribution is -2.81. The van der Waals surface area contributed by atoms with E-state index in [0.29, 0.717) is 25.2 Å². The van der Waals surface area contributed by atoms with Crippen molar-refractivity contribution >= 4 is 0 Å². The molecule has 0 aromatic heterocycles. The van der Waals surface area contributed by atoms with Gasteiger partial charge in [0.1, 0.15) is 11.7 Å². The van der Waals surface area contributed by atoms with Crippen LogP contribution in [0.3, 0.4) is 0 Å². The van der Waals surface area contributed by atoms with E-state index in [4.69, 9.17) is 18.9 Å². The SMILES string of the molecule is COc1ccc2c3c1O[C@@H]1C34CCN(C)[C@H](C2)C42CC[C@@]1(OC)[C@@H](COCc1ccc(C)cc1)C2. The number of methoxy groups -OCH3 is 2. The molecule has 6 atom stereocenters. The average molecular weight is 476 g/mol. The highest BCUT2D eigenvalue weighted by molar-refractivity contribution is 5.63. The van der Waals surface area contributed by atoms with Gasteiger partial charge in [-0.2, -0.15) is 0 Å². The number of ether oxygens (including phenoxy) is 4. The van der Waals surface area contributed by atoms with Gasteiger partial charge in [-0.05, 0) is 69.8 Å². The molecule has 2 unspecified atom stereocenters. The van der Waals surface area contributed by atoms with Crippen molar-refractivity contribution in [2.75, 3.05) is 34.4 Å². The summed E-state index contributed by atoms with van der Waals surface area (Å²) in [6.07, 6.45) is 5.60. The van der Waals surface area contributed by atoms with Crippen molar-refractivity contribution in [3.05, 3.63) is 58.7 Å². The molecule has 2 spiro atoms. The molecule has 0 radical (unpaired) electrons. The fourth-order valence-electron chi connectivity index (χ4n) is 9.18. The summed E-state index contributed by atoms with van der Waals surface area (Å²) in [5.74, 6) is 2.17. The molecule has 4 aliphatic carbocycles. The van der Waals surface area contributed by atoms with Gasteiger partial charge >= 0.3 is 0 Å². The third-order valence-corrected chi connectivity index (χ3v) is 10.7. The predicted octanol–water partition coefficient (Wildman–Crippen LogP) is 4.66. The Kier molecular flexibility index (Phi) is 4.73. The van der Waals surface area contributed by atoms with Gasteiger partial charge in [0.2, 0.25) is 0 Å². The first-order chi connectivity index (χ1) is 17.0. The van der Waals surface area contributed by atoms with E-state index in [-0.39, 0.29) is 22.5 Å². The molecule has 186 valence electrons. The second kappa shape index (κ2) is 7.47. The minimum absolute atomic E-state index is 0.00332. The summed E-state index contributed by atoms with van der Waals surface area (Å²) in [5, 5.41) is 0. The van der Waals surface area contributed by atoms with E-state index in [2.05, 4.69) is 55.3 Å². The fourth-order valence-corrected chi connectivity index (χ4v) is 9.18. The molecule has 4 bridgehead atoms. The van der Waals surface area contributed by atoms with E-state index in [0.717, 1.165) is 43.7 Å². The maximum Gasteiger partial charge on any atom is 0.165 e. The smallest absolute Gasteiger partial charge is 0.165 e. The molecule has 2 aromatic carbocycles. The van der Waals surface area contributed by atoms with Crippen molar-refractivity contribution < 1.29 is 18.9 Å². The lowest BCUT2D eigenvalue weighted by molar-refractivity contribution is -0.282. The summed E-state index contributed by atoms with van der Waals surface area (Å²) in [4.78, 5) is 2.64. The number of benzene rings is 2. The topological polar surface area (TPSA) is 40.2 Å². The number of hydrogen-bond donors (Lipinski definition) is 0. The normalized spacial score (nSPS) is 38.2. The summed E-state index contributed by atoms with van der Waals surface area (Å²) in [7, 11) is 6.00. The van der Waals surface area contributed by atoms with Crippen LogP contribution in [0, 0.1) is 18.3 Å². The zero-order valence-electron chi connectivity index (χ0n) is 21.4. The zero-order valence-corrected chi connectivity index (χ0v) is 21.4. The van der Waals surface area contributed by atoms with Crippen molar-refractivity contribution in [3.63, 3.8) is 0 Å². The number of rotatable bonds is 6. The Morgan fingerprint density at radius 1 is 1.06 bits per heavy atom. The predicted molar refractivity (Wildman–Crippen MR) is 134 cm³/mol. The maximum atomic E-state index is 7.04. The van der Waals surface area contributed by atoms with Gasteiger partial charge in [0, 0.05) is 35.5 Å². The molecular formula is C30H37NO4. The standard InChI is InChI=1S/C30H37NO4/c1-19-5-7-20(8-6-19)17-34-18-22-16-28-11-12-30(22,33-4)27-29(28)13-14-31(2)24(28)15-21-9-10-23(32-3)26(35-27)25(21)29/h5-10,22,24,27H,11-18H2,1-4H3/t22-,24-,27-,28?,29?,30-/m1/s1. The van der Waals surface area contributed by atoms with E-state index in [1.807, 2.05) is 7.11 Å². The molecule has 6 aliphatic rings. The molecule has 1 saturated heterocycles. The quantitative estimate of drug-likeness (QED) is 0.608. The van der Waals surface area contributed by atoms with Crippen LogP contribution in [-0.2, 0) is 27.9 Å². The van der Waals surface area contributed by atoms with Crippen molar-refractivity contribution in [2.24, 2.45) is 11.3 Å². The summed E-state index contributed by atoms with van der Waals surface area (Å²) < 4.78 is 25.9. The van der Waals surface area contributed by atoms with Crippen LogP contribution in [0.15, 0.2) is 36.4 Å². The molecule has 8 rings (SSSR count). The van der Waals surface area contributed by atoms with Crippen molar-refractivity contribution in [1.82, 2.24) is 4.90 Å². The van der Waals surface area contributed by atoms with Crippen LogP contribution in [0.5, 0.6) is 11.5 Å². The van der Waals surface area contributed by atoms with E-state index < -0.39 is 0 Å². The maximum absolute atomic E-state index is 7.04. The van der Waals surface area contributed by atoms with Crippen molar-refractivity contribution in [2.45, 2.75) is 68.8 Å². The van der Waals surface area contributed by atoms with Gasteiger partial charge < -0.3 is 23.8 Å². The van der Waals surface area contributed by atoms with Gasteiger partial charge in [0.05, 0.1) is 20.3 Å². The van der Waals surface area contributed by atoms with Crippen LogP contribution in [0.2, 0.25) is 0 Å². The Labute approximate surface area is 208 Å². The minimum atomic E-state index is -0.339. The molecule has 35 heavy (non-hydrogen) atoms. The minimum Gasteiger partial charge on any atom is -0.493 e. The molecular weight excluding hydrogens is 438 g/mol. The van der Waals surface area contributed by atoms with Crippen LogP contribution in [0.1, 0.15) is 47.9 Å². The van der Waals surface area contributed by atoms with Crippen molar-refractivity contribution in [1.29, 1.82) is 0 Å². The molecule has 2 aliphatic heterocycles. The van der Waals surface area contributed by atoms with Gasteiger partial charge in [0.15, 0.2) is 11.5 Å². The molecule has 4 fully saturated rings. The first-order valence-corrected chi connectivity index (χ1v) is 13.2. The van der Waals surface area contributed by atoms with Crippen LogP contribution in [0.4, 0.5) is 0 Å². The number of nitrogens with zero attached hydrogens (tertiary/aromatic N) is 1. The zero-order chi connectivity index (χ0) is 24.0. The Balaban J connectivity index is 1.30. The monoisotopic (exact) mass is 475 g/mol. The highest BCUT2D eigenvalue weighted by Gasteiger charge is 2.80. The van der Waals surface area contributed by atoms with Crippen LogP contribution < -0.4 is 9.47 Å². The first-order valence-electron chi connectivity index (χ1n) is 13.2. The Morgan fingerprint density at radius 3 is 2.66 bits per heavy atom. The summed E-state index contributed by atoms with van der Waals surface area (Å²) in [6, 6.07) is 13.6. The highest BCUT2D eigenvalue weighted by Crippen LogP contribution is 2.76. The van der Waals surface area contributed by atoms with Gasteiger partial charge in [-0.1, -0.05) is 35.9 Å². The molecule has 5 heteroatoms. The largest absolute Gasteiger partial charge is 0.493 e. The van der Waals surface area contributed by atoms with Gasteiger partial charge in [-0.15, -0.1) is 0 Å². The molecule has 0 amide bonds. The second-order valence-electron chi connectivity index (χ2n) is 11.8. The Bertz CT molecular complexity index is 1160. The number of hydrogen-bond acceptors (Lipinski definition) is 5. The van der Waals surface area contributed by atoms with Crippen LogP contribution in [0.25, 0.3) is 0 Å². The second-order valence-corrected chi connectivity index (χ2v) is 11.8. The molecule has 0 N–H and O–H groups in total. The third-order valence-electron chi connectivity index (χ3n) is 10.7.